The summed E-state index contributed by atoms with van der Waals surface area (Å²) in [7, 11) is 4.12. The van der Waals surface area contributed by atoms with E-state index in [0.29, 0.717) is 18.8 Å². The zero-order chi connectivity index (χ0) is 25.2. The van der Waals surface area contributed by atoms with E-state index in [1.165, 1.54) is 0 Å². The van der Waals surface area contributed by atoms with E-state index in [2.05, 4.69) is 48.0 Å². The highest BCUT2D eigenvalue weighted by Gasteiger charge is 2.24. The first-order valence-electron chi connectivity index (χ1n) is 11.9. The molecule has 3 aromatic heterocycles. The number of H-pyrrole nitrogens is 1. The van der Waals surface area contributed by atoms with Gasteiger partial charge in [-0.15, -0.1) is 0 Å². The Balaban J connectivity index is 1.73. The lowest BCUT2D eigenvalue weighted by Gasteiger charge is -2.19. The fourth-order valence-corrected chi connectivity index (χ4v) is 4.44. The molecule has 0 spiro atoms. The fraction of sp³-hybridized carbons (Fsp3) is 0.357. The van der Waals surface area contributed by atoms with E-state index in [4.69, 9.17) is 15.5 Å². The van der Waals surface area contributed by atoms with Gasteiger partial charge in [-0.2, -0.15) is 0 Å². The number of aryl methyl sites for hydroxylation is 1. The van der Waals surface area contributed by atoms with E-state index in [0.717, 1.165) is 63.3 Å². The van der Waals surface area contributed by atoms with Crippen LogP contribution in [0, 0.1) is 6.92 Å². The first-order valence-corrected chi connectivity index (χ1v) is 11.9. The molecule has 0 unspecified atom stereocenters. The van der Waals surface area contributed by atoms with Gasteiger partial charge < -0.3 is 25.5 Å². The van der Waals surface area contributed by atoms with Gasteiger partial charge in [-0.25, -0.2) is 9.97 Å². The van der Waals surface area contributed by atoms with E-state index in [1.54, 1.807) is 6.20 Å². The van der Waals surface area contributed by atoms with Crippen LogP contribution in [0.3, 0.4) is 0 Å². The molecule has 1 aromatic carbocycles. The molecule has 0 fully saturated rings. The summed E-state index contributed by atoms with van der Waals surface area (Å²) in [5, 5.41) is 11.8. The van der Waals surface area contributed by atoms with Crippen molar-refractivity contribution < 1.29 is 9.84 Å². The minimum absolute atomic E-state index is 0.470. The maximum atomic E-state index is 10.8. The first kappa shape index (κ1) is 24.7. The van der Waals surface area contributed by atoms with E-state index >= 15 is 0 Å². The molecule has 0 aliphatic rings. The molecule has 0 aliphatic heterocycles. The minimum atomic E-state index is -0.886. The third-order valence-electron chi connectivity index (χ3n) is 6.05. The molecule has 3 heterocycles. The number of hydrogen-bond donors (Lipinski definition) is 3. The van der Waals surface area contributed by atoms with Crippen molar-refractivity contribution in [3.05, 3.63) is 59.9 Å². The van der Waals surface area contributed by atoms with E-state index < -0.39 is 5.60 Å². The van der Waals surface area contributed by atoms with Gasteiger partial charge in [0.05, 0.1) is 17.9 Å². The summed E-state index contributed by atoms with van der Waals surface area (Å²) in [6.45, 7) is 7.42. The Hall–Kier alpha value is -3.42. The quantitative estimate of drug-likeness (QED) is 0.301. The van der Waals surface area contributed by atoms with Gasteiger partial charge in [0.1, 0.15) is 17.2 Å². The molecule has 184 valence electrons. The molecule has 4 N–H and O–H groups in total. The van der Waals surface area contributed by atoms with Crippen LogP contribution < -0.4 is 10.5 Å². The van der Waals surface area contributed by atoms with Crippen LogP contribution in [0.4, 0.5) is 5.82 Å². The number of benzene rings is 1. The fourth-order valence-electron chi connectivity index (χ4n) is 4.44. The summed E-state index contributed by atoms with van der Waals surface area (Å²) in [5.74, 6) is 1.32. The smallest absolute Gasteiger partial charge is 0.138 e. The van der Waals surface area contributed by atoms with Crippen molar-refractivity contribution in [3.8, 4) is 28.1 Å². The summed E-state index contributed by atoms with van der Waals surface area (Å²) < 4.78 is 5.91. The third-order valence-corrected chi connectivity index (χ3v) is 6.05. The van der Waals surface area contributed by atoms with Gasteiger partial charge in [-0.3, -0.25) is 0 Å². The Morgan fingerprint density at radius 2 is 1.83 bits per heavy atom. The van der Waals surface area contributed by atoms with Gasteiger partial charge >= 0.3 is 0 Å². The summed E-state index contributed by atoms with van der Waals surface area (Å²) >= 11 is 0. The molecular weight excluding hydrogens is 438 g/mol. The van der Waals surface area contributed by atoms with Crippen LogP contribution in [0.15, 0.2) is 48.8 Å². The number of fused-ring (bicyclic) bond motifs is 1. The Morgan fingerprint density at radius 3 is 2.49 bits per heavy atom. The lowest BCUT2D eigenvalue weighted by Crippen LogP contribution is -2.22. The standard InChI is InChI=1S/C28H35N5O2/c1-18-23(20-11-12-30-24(29)15-20)17-31-27-25(18)22(16-28(2,3)34)26(32-27)19-7-9-21(10-8-19)35-14-6-13-33(4)5/h7-12,15,17,34H,6,13-14,16H2,1-5H3,(H2,29,30)(H,31,32). The summed E-state index contributed by atoms with van der Waals surface area (Å²) in [5.41, 5.74) is 11.9. The zero-order valence-corrected chi connectivity index (χ0v) is 21.2. The number of rotatable bonds is 9. The van der Waals surface area contributed by atoms with Crippen molar-refractivity contribution in [2.45, 2.75) is 39.2 Å². The highest BCUT2D eigenvalue weighted by Crippen LogP contribution is 2.37. The molecule has 35 heavy (non-hydrogen) atoms. The van der Waals surface area contributed by atoms with Gasteiger partial charge in [0.25, 0.3) is 0 Å². The van der Waals surface area contributed by atoms with E-state index in [9.17, 15) is 5.11 Å². The van der Waals surface area contributed by atoms with Crippen molar-refractivity contribution in [1.82, 2.24) is 19.9 Å². The molecule has 0 saturated heterocycles. The van der Waals surface area contributed by atoms with E-state index in [-0.39, 0.29) is 0 Å². The number of nitrogens with two attached hydrogens (primary N) is 1. The number of anilines is 1. The topological polar surface area (TPSA) is 100 Å². The molecule has 0 saturated carbocycles. The number of nitrogen functional groups attached to an aromatic ring is 1. The van der Waals surface area contributed by atoms with Gasteiger partial charge in [0.2, 0.25) is 0 Å². The lowest BCUT2D eigenvalue weighted by atomic mass is 9.91. The average Bonchev–Trinajstić information content (AvgIpc) is 3.15. The van der Waals surface area contributed by atoms with Crippen LogP contribution in [0.5, 0.6) is 5.75 Å². The van der Waals surface area contributed by atoms with Crippen LogP contribution in [-0.2, 0) is 6.42 Å². The van der Waals surface area contributed by atoms with Crippen LogP contribution in [-0.4, -0.2) is 57.8 Å². The lowest BCUT2D eigenvalue weighted by molar-refractivity contribution is 0.0814. The number of nitrogens with zero attached hydrogens (tertiary/aromatic N) is 3. The second kappa shape index (κ2) is 10.1. The average molecular weight is 474 g/mol. The van der Waals surface area contributed by atoms with Crippen LogP contribution in [0.2, 0.25) is 0 Å². The van der Waals surface area contributed by atoms with Gasteiger partial charge in [-0.05, 0) is 99.9 Å². The first-order chi connectivity index (χ1) is 16.6. The molecule has 7 nitrogen and oxygen atoms in total. The Kier molecular flexibility index (Phi) is 7.10. The van der Waals surface area contributed by atoms with Crippen molar-refractivity contribution in [2.75, 3.05) is 33.0 Å². The van der Waals surface area contributed by atoms with Gasteiger partial charge in [0.15, 0.2) is 0 Å². The van der Waals surface area contributed by atoms with Crippen molar-refractivity contribution in [3.63, 3.8) is 0 Å². The predicted octanol–water partition coefficient (Wildman–Crippen LogP) is 4.83. The summed E-state index contributed by atoms with van der Waals surface area (Å²) in [6, 6.07) is 11.9. The maximum Gasteiger partial charge on any atom is 0.138 e. The Labute approximate surface area is 207 Å². The second-order valence-corrected chi connectivity index (χ2v) is 9.99. The molecule has 4 aromatic rings. The minimum Gasteiger partial charge on any atom is -0.494 e. The summed E-state index contributed by atoms with van der Waals surface area (Å²) in [6.07, 6.45) is 5.03. The second-order valence-electron chi connectivity index (χ2n) is 9.99. The monoisotopic (exact) mass is 473 g/mol. The molecular formula is C28H35N5O2. The molecule has 0 radical (unpaired) electrons. The van der Waals surface area contributed by atoms with Gasteiger partial charge in [0, 0.05) is 36.3 Å². The largest absolute Gasteiger partial charge is 0.494 e. The molecule has 0 bridgehead atoms. The third kappa shape index (κ3) is 5.81. The predicted molar refractivity (Wildman–Crippen MR) is 143 cm³/mol. The number of aliphatic hydroxyl groups is 1. The van der Waals surface area contributed by atoms with Gasteiger partial charge in [-0.1, -0.05) is 0 Å². The maximum absolute atomic E-state index is 10.8. The Morgan fingerprint density at radius 1 is 1.09 bits per heavy atom. The molecule has 4 rings (SSSR count). The number of aromatic amines is 1. The number of ether oxygens (including phenoxy) is 1. The van der Waals surface area contributed by atoms with Crippen molar-refractivity contribution in [1.29, 1.82) is 0 Å². The normalized spacial score (nSPS) is 12.0. The highest BCUT2D eigenvalue weighted by atomic mass is 16.5. The SMILES string of the molecule is Cc1c(-c2ccnc(N)c2)cnc2[nH]c(-c3ccc(OCCCN(C)C)cc3)c(CC(C)(C)O)c12. The molecule has 0 atom stereocenters. The van der Waals surface area contributed by atoms with E-state index in [1.807, 2.05) is 44.3 Å². The molecule has 0 aliphatic carbocycles. The van der Waals surface area contributed by atoms with Crippen LogP contribution >= 0.6 is 0 Å². The van der Waals surface area contributed by atoms with Crippen molar-refractivity contribution >= 4 is 16.9 Å². The summed E-state index contributed by atoms with van der Waals surface area (Å²) in [4.78, 5) is 14.5. The molecule has 0 amide bonds. The number of hydrogen-bond acceptors (Lipinski definition) is 6. The number of nitrogens with one attached hydrogen (secondary N) is 1. The zero-order valence-electron chi connectivity index (χ0n) is 21.2. The number of aromatic nitrogens is 3. The highest BCUT2D eigenvalue weighted by molar-refractivity contribution is 5.95. The molecule has 7 heteroatoms. The van der Waals surface area contributed by atoms with Crippen molar-refractivity contribution in [2.24, 2.45) is 0 Å². The Bertz CT molecular complexity index is 1300. The van der Waals surface area contributed by atoms with Crippen LogP contribution in [0.1, 0.15) is 31.4 Å². The van der Waals surface area contributed by atoms with Crippen LogP contribution in [0.25, 0.3) is 33.4 Å². The number of pyridine rings is 2.